The van der Waals surface area contributed by atoms with Crippen LogP contribution in [0.2, 0.25) is 0 Å². The molecular formula is C21H23NO5. The van der Waals surface area contributed by atoms with Gasteiger partial charge in [-0.1, -0.05) is 24.3 Å². The number of benzene rings is 2. The van der Waals surface area contributed by atoms with E-state index in [0.717, 1.165) is 19.3 Å². The summed E-state index contributed by atoms with van der Waals surface area (Å²) in [5.41, 5.74) is 1.21. The standard InChI is InChI=1S/C21H23NO5/c23-12-15-6-1-2-8-17(15)21(26)22-11-4-3-7-16(22)14-27-20-10-5-9-19(25)18(20)13-24/h1-2,5-6,8-10,13,16,23,25H,3-4,7,11-12,14H2. The minimum Gasteiger partial charge on any atom is -0.507 e. The van der Waals surface area contributed by atoms with Crippen LogP contribution in [0.3, 0.4) is 0 Å². The van der Waals surface area contributed by atoms with E-state index in [-0.39, 0.29) is 36.5 Å². The number of ether oxygens (including phenoxy) is 1. The summed E-state index contributed by atoms with van der Waals surface area (Å²) in [5.74, 6) is 0.0501. The molecule has 0 aromatic heterocycles. The van der Waals surface area contributed by atoms with Gasteiger partial charge in [0.1, 0.15) is 18.1 Å². The smallest absolute Gasteiger partial charge is 0.254 e. The average molecular weight is 369 g/mol. The van der Waals surface area contributed by atoms with Crippen LogP contribution in [0.25, 0.3) is 0 Å². The predicted molar refractivity (Wildman–Crippen MR) is 100 cm³/mol. The predicted octanol–water partition coefficient (Wildman–Crippen LogP) is 2.77. The number of nitrogens with zero attached hydrogens (tertiary/aromatic N) is 1. The molecule has 1 atom stereocenters. The van der Waals surface area contributed by atoms with Crippen molar-refractivity contribution in [1.82, 2.24) is 4.90 Å². The Balaban J connectivity index is 1.77. The van der Waals surface area contributed by atoms with Crippen LogP contribution in [0.5, 0.6) is 11.5 Å². The molecule has 6 nitrogen and oxygen atoms in total. The molecule has 1 fully saturated rings. The monoisotopic (exact) mass is 369 g/mol. The molecule has 0 radical (unpaired) electrons. The van der Waals surface area contributed by atoms with Crippen molar-refractivity contribution in [3.63, 3.8) is 0 Å². The van der Waals surface area contributed by atoms with Crippen molar-refractivity contribution in [3.8, 4) is 11.5 Å². The van der Waals surface area contributed by atoms with Crippen LogP contribution in [0.1, 0.15) is 45.5 Å². The second kappa shape index (κ2) is 8.68. The molecule has 1 unspecified atom stereocenters. The van der Waals surface area contributed by atoms with Crippen LogP contribution in [0.15, 0.2) is 42.5 Å². The maximum atomic E-state index is 13.0. The number of phenolic OH excluding ortho intramolecular Hbond substituents is 1. The minimum atomic E-state index is -0.192. The zero-order valence-corrected chi connectivity index (χ0v) is 15.0. The summed E-state index contributed by atoms with van der Waals surface area (Å²) in [4.78, 5) is 26.0. The number of hydrogen-bond donors (Lipinski definition) is 2. The first-order valence-corrected chi connectivity index (χ1v) is 9.05. The van der Waals surface area contributed by atoms with Gasteiger partial charge in [0.25, 0.3) is 5.91 Å². The molecule has 0 bridgehead atoms. The largest absolute Gasteiger partial charge is 0.507 e. The van der Waals surface area contributed by atoms with Crippen LogP contribution in [-0.4, -0.2) is 46.5 Å². The first-order valence-electron chi connectivity index (χ1n) is 9.05. The van der Waals surface area contributed by atoms with E-state index in [2.05, 4.69) is 0 Å². The highest BCUT2D eigenvalue weighted by Gasteiger charge is 2.29. The third-order valence-electron chi connectivity index (χ3n) is 4.90. The van der Waals surface area contributed by atoms with E-state index in [9.17, 15) is 19.8 Å². The van der Waals surface area contributed by atoms with Gasteiger partial charge in [-0.2, -0.15) is 0 Å². The molecule has 1 amide bonds. The van der Waals surface area contributed by atoms with E-state index in [4.69, 9.17) is 4.74 Å². The molecule has 0 saturated carbocycles. The van der Waals surface area contributed by atoms with Crippen molar-refractivity contribution in [1.29, 1.82) is 0 Å². The van der Waals surface area contributed by atoms with Crippen molar-refractivity contribution in [2.45, 2.75) is 31.9 Å². The van der Waals surface area contributed by atoms with Gasteiger partial charge in [-0.25, -0.2) is 0 Å². The zero-order chi connectivity index (χ0) is 19.2. The Kier molecular flexibility index (Phi) is 6.08. The highest BCUT2D eigenvalue weighted by atomic mass is 16.5. The molecular weight excluding hydrogens is 346 g/mol. The minimum absolute atomic E-state index is 0.108. The van der Waals surface area contributed by atoms with Gasteiger partial charge < -0.3 is 19.8 Å². The highest BCUT2D eigenvalue weighted by Crippen LogP contribution is 2.27. The van der Waals surface area contributed by atoms with Crippen LogP contribution in [-0.2, 0) is 6.61 Å². The van der Waals surface area contributed by atoms with E-state index in [1.165, 1.54) is 6.07 Å². The van der Waals surface area contributed by atoms with Crippen LogP contribution < -0.4 is 4.74 Å². The van der Waals surface area contributed by atoms with Crippen LogP contribution >= 0.6 is 0 Å². The van der Waals surface area contributed by atoms with Crippen molar-refractivity contribution in [2.24, 2.45) is 0 Å². The topological polar surface area (TPSA) is 87.1 Å². The molecule has 0 spiro atoms. The van der Waals surface area contributed by atoms with E-state index in [0.29, 0.717) is 29.7 Å². The molecule has 2 aromatic rings. The van der Waals surface area contributed by atoms with Gasteiger partial charge in [0, 0.05) is 12.1 Å². The van der Waals surface area contributed by atoms with Crippen LogP contribution in [0, 0.1) is 0 Å². The SMILES string of the molecule is O=Cc1c(O)cccc1OCC1CCCCN1C(=O)c1ccccc1CO. The second-order valence-electron chi connectivity index (χ2n) is 6.58. The summed E-state index contributed by atoms with van der Waals surface area (Å²) >= 11 is 0. The fourth-order valence-corrected chi connectivity index (χ4v) is 3.43. The Morgan fingerprint density at radius 3 is 2.78 bits per heavy atom. The lowest BCUT2D eigenvalue weighted by Gasteiger charge is -2.36. The molecule has 142 valence electrons. The third kappa shape index (κ3) is 4.11. The lowest BCUT2D eigenvalue weighted by atomic mass is 9.99. The summed E-state index contributed by atoms with van der Waals surface area (Å²) in [6.45, 7) is 0.660. The Bertz CT molecular complexity index is 820. The van der Waals surface area contributed by atoms with E-state index in [1.54, 1.807) is 41.3 Å². The van der Waals surface area contributed by atoms with E-state index >= 15 is 0 Å². The third-order valence-corrected chi connectivity index (χ3v) is 4.90. The lowest BCUT2D eigenvalue weighted by Crippen LogP contribution is -2.47. The van der Waals surface area contributed by atoms with Crippen molar-refractivity contribution >= 4 is 12.2 Å². The highest BCUT2D eigenvalue weighted by molar-refractivity contribution is 5.96. The Hall–Kier alpha value is -2.86. The molecule has 6 heteroatoms. The maximum absolute atomic E-state index is 13.0. The number of carbonyl (C=O) groups excluding carboxylic acids is 2. The molecule has 2 aromatic carbocycles. The van der Waals surface area contributed by atoms with Gasteiger partial charge in [0.05, 0.1) is 18.2 Å². The fourth-order valence-electron chi connectivity index (χ4n) is 3.43. The van der Waals surface area contributed by atoms with Crippen molar-refractivity contribution in [3.05, 3.63) is 59.2 Å². The van der Waals surface area contributed by atoms with Crippen molar-refractivity contribution < 1.29 is 24.5 Å². The first kappa shape index (κ1) is 18.9. The molecule has 2 N–H and O–H groups in total. The van der Waals surface area contributed by atoms with E-state index < -0.39 is 0 Å². The molecule has 0 aliphatic carbocycles. The molecule has 1 aliphatic rings. The van der Waals surface area contributed by atoms with Gasteiger partial charge in [-0.05, 0) is 43.0 Å². The number of rotatable bonds is 6. The normalized spacial score (nSPS) is 16.8. The number of aliphatic hydroxyl groups excluding tert-OH is 1. The van der Waals surface area contributed by atoms with Crippen molar-refractivity contribution in [2.75, 3.05) is 13.2 Å². The van der Waals surface area contributed by atoms with Gasteiger partial charge >= 0.3 is 0 Å². The zero-order valence-electron chi connectivity index (χ0n) is 15.0. The number of piperidine rings is 1. The van der Waals surface area contributed by atoms with Gasteiger partial charge in [0.15, 0.2) is 6.29 Å². The van der Waals surface area contributed by atoms with E-state index in [1.807, 2.05) is 0 Å². The molecule has 1 aliphatic heterocycles. The maximum Gasteiger partial charge on any atom is 0.254 e. The number of carbonyl (C=O) groups is 2. The molecule has 1 heterocycles. The quantitative estimate of drug-likeness (QED) is 0.765. The molecule has 1 saturated heterocycles. The average Bonchev–Trinajstić information content (AvgIpc) is 2.72. The molecule has 3 rings (SSSR count). The lowest BCUT2D eigenvalue weighted by molar-refractivity contribution is 0.0524. The summed E-state index contributed by atoms with van der Waals surface area (Å²) in [6, 6.07) is 11.6. The van der Waals surface area contributed by atoms with Gasteiger partial charge in [-0.15, -0.1) is 0 Å². The summed E-state index contributed by atoms with van der Waals surface area (Å²) < 4.78 is 5.79. The molecule has 27 heavy (non-hydrogen) atoms. The number of phenols is 1. The first-order chi connectivity index (χ1) is 13.2. The number of amides is 1. The summed E-state index contributed by atoms with van der Waals surface area (Å²) in [6.07, 6.45) is 3.25. The number of hydrogen-bond acceptors (Lipinski definition) is 5. The van der Waals surface area contributed by atoms with Gasteiger partial charge in [-0.3, -0.25) is 9.59 Å². The number of aliphatic hydroxyl groups is 1. The Morgan fingerprint density at radius 2 is 2.00 bits per heavy atom. The van der Waals surface area contributed by atoms with Crippen LogP contribution in [0.4, 0.5) is 0 Å². The van der Waals surface area contributed by atoms with Gasteiger partial charge in [0.2, 0.25) is 0 Å². The fraction of sp³-hybridized carbons (Fsp3) is 0.333. The Labute approximate surface area is 158 Å². The number of aldehydes is 1. The summed E-state index contributed by atoms with van der Waals surface area (Å²) in [5, 5.41) is 19.3. The second-order valence-corrected chi connectivity index (χ2v) is 6.58. The Morgan fingerprint density at radius 1 is 1.19 bits per heavy atom. The number of likely N-dealkylation sites (tertiary alicyclic amines) is 1. The number of aromatic hydroxyl groups is 1. The summed E-state index contributed by atoms with van der Waals surface area (Å²) in [7, 11) is 0.